The SMILES string of the molecule is O=C(NCC1=CCNCC1)Nc1ccccc1F. The van der Waals surface area contributed by atoms with E-state index in [0.717, 1.165) is 19.5 Å². The number of urea groups is 1. The number of nitrogens with one attached hydrogen (secondary N) is 3. The molecule has 0 saturated carbocycles. The first-order valence-electron chi connectivity index (χ1n) is 5.94. The standard InChI is InChI=1S/C13H16FN3O/c14-11-3-1-2-4-12(11)17-13(18)16-9-10-5-7-15-8-6-10/h1-5,15H,6-9H2,(H2,16,17,18). The van der Waals surface area contributed by atoms with Gasteiger partial charge in [-0.05, 0) is 25.1 Å². The molecule has 0 spiro atoms. The monoisotopic (exact) mass is 249 g/mol. The van der Waals surface area contributed by atoms with E-state index in [1.54, 1.807) is 12.1 Å². The van der Waals surface area contributed by atoms with Gasteiger partial charge in [-0.15, -0.1) is 0 Å². The van der Waals surface area contributed by atoms with E-state index in [2.05, 4.69) is 22.0 Å². The molecule has 0 atom stereocenters. The minimum Gasteiger partial charge on any atom is -0.334 e. The van der Waals surface area contributed by atoms with Gasteiger partial charge in [-0.2, -0.15) is 0 Å². The molecule has 96 valence electrons. The zero-order valence-electron chi connectivity index (χ0n) is 10.0. The third-order valence-electron chi connectivity index (χ3n) is 2.76. The highest BCUT2D eigenvalue weighted by Gasteiger charge is 2.07. The van der Waals surface area contributed by atoms with Crippen molar-refractivity contribution in [2.24, 2.45) is 0 Å². The van der Waals surface area contributed by atoms with Gasteiger partial charge in [-0.25, -0.2) is 9.18 Å². The molecule has 3 N–H and O–H groups in total. The van der Waals surface area contributed by atoms with Crippen molar-refractivity contribution >= 4 is 11.7 Å². The number of hydrogen-bond acceptors (Lipinski definition) is 2. The number of halogens is 1. The molecule has 4 nitrogen and oxygen atoms in total. The predicted octanol–water partition coefficient (Wildman–Crippen LogP) is 1.87. The number of amides is 2. The Hall–Kier alpha value is -1.88. The highest BCUT2D eigenvalue weighted by Crippen LogP contribution is 2.11. The first-order valence-corrected chi connectivity index (χ1v) is 5.94. The quantitative estimate of drug-likeness (QED) is 0.716. The molecule has 2 rings (SSSR count). The molecule has 1 aliphatic heterocycles. The lowest BCUT2D eigenvalue weighted by atomic mass is 10.1. The molecule has 0 fully saturated rings. The first kappa shape index (κ1) is 12.6. The predicted molar refractivity (Wildman–Crippen MR) is 69.0 cm³/mol. The molecule has 1 heterocycles. The molecule has 0 aromatic heterocycles. The molecule has 1 aromatic carbocycles. The summed E-state index contributed by atoms with van der Waals surface area (Å²) in [5.74, 6) is -0.436. The topological polar surface area (TPSA) is 53.2 Å². The fraction of sp³-hybridized carbons (Fsp3) is 0.308. The number of carbonyl (C=O) groups excluding carboxylic acids is 1. The van der Waals surface area contributed by atoms with Crippen molar-refractivity contribution in [1.29, 1.82) is 0 Å². The molecule has 1 aromatic rings. The fourth-order valence-electron chi connectivity index (χ4n) is 1.75. The largest absolute Gasteiger partial charge is 0.334 e. The van der Waals surface area contributed by atoms with E-state index in [1.807, 2.05) is 0 Å². The number of para-hydroxylation sites is 1. The zero-order valence-corrected chi connectivity index (χ0v) is 10.0. The number of benzene rings is 1. The number of anilines is 1. The van der Waals surface area contributed by atoms with Gasteiger partial charge in [0.2, 0.25) is 0 Å². The molecule has 0 bridgehead atoms. The van der Waals surface area contributed by atoms with Crippen molar-refractivity contribution in [1.82, 2.24) is 10.6 Å². The summed E-state index contributed by atoms with van der Waals surface area (Å²) in [6, 6.07) is 5.70. The molecule has 0 radical (unpaired) electrons. The lowest BCUT2D eigenvalue weighted by molar-refractivity contribution is 0.252. The number of hydrogen-bond donors (Lipinski definition) is 3. The Morgan fingerprint density at radius 3 is 2.94 bits per heavy atom. The van der Waals surface area contributed by atoms with Crippen LogP contribution in [-0.2, 0) is 0 Å². The van der Waals surface area contributed by atoms with Crippen molar-refractivity contribution in [2.45, 2.75) is 6.42 Å². The van der Waals surface area contributed by atoms with Crippen LogP contribution in [0.3, 0.4) is 0 Å². The summed E-state index contributed by atoms with van der Waals surface area (Å²) in [6.07, 6.45) is 2.99. The zero-order chi connectivity index (χ0) is 12.8. The van der Waals surface area contributed by atoms with E-state index in [0.29, 0.717) is 6.54 Å². The molecule has 0 saturated heterocycles. The second-order valence-electron chi connectivity index (χ2n) is 4.10. The Balaban J connectivity index is 1.82. The summed E-state index contributed by atoms with van der Waals surface area (Å²) in [4.78, 5) is 11.6. The lowest BCUT2D eigenvalue weighted by Crippen LogP contribution is -2.32. The third kappa shape index (κ3) is 3.56. The van der Waals surface area contributed by atoms with Gasteiger partial charge in [0, 0.05) is 13.1 Å². The Labute approximate surface area is 105 Å². The summed E-state index contributed by atoms with van der Waals surface area (Å²) in [5, 5.41) is 8.39. The van der Waals surface area contributed by atoms with Crippen LogP contribution in [0.4, 0.5) is 14.9 Å². The maximum absolute atomic E-state index is 13.3. The van der Waals surface area contributed by atoms with Crippen molar-refractivity contribution in [2.75, 3.05) is 25.0 Å². The van der Waals surface area contributed by atoms with Crippen LogP contribution < -0.4 is 16.0 Å². The van der Waals surface area contributed by atoms with Crippen molar-refractivity contribution in [3.63, 3.8) is 0 Å². The Morgan fingerprint density at radius 1 is 1.39 bits per heavy atom. The van der Waals surface area contributed by atoms with E-state index in [-0.39, 0.29) is 11.7 Å². The van der Waals surface area contributed by atoms with E-state index in [9.17, 15) is 9.18 Å². The van der Waals surface area contributed by atoms with Crippen LogP contribution in [0.2, 0.25) is 0 Å². The Morgan fingerprint density at radius 2 is 2.22 bits per heavy atom. The van der Waals surface area contributed by atoms with Crippen LogP contribution in [0, 0.1) is 5.82 Å². The van der Waals surface area contributed by atoms with Crippen molar-refractivity contribution < 1.29 is 9.18 Å². The minimum atomic E-state index is -0.436. The van der Waals surface area contributed by atoms with Gasteiger partial charge < -0.3 is 16.0 Å². The second-order valence-corrected chi connectivity index (χ2v) is 4.10. The highest BCUT2D eigenvalue weighted by atomic mass is 19.1. The highest BCUT2D eigenvalue weighted by molar-refractivity contribution is 5.89. The summed E-state index contributed by atoms with van der Waals surface area (Å²) in [7, 11) is 0. The molecule has 5 heteroatoms. The van der Waals surface area contributed by atoms with Gasteiger partial charge in [0.05, 0.1) is 5.69 Å². The number of carbonyl (C=O) groups is 1. The first-order chi connectivity index (χ1) is 8.75. The van der Waals surface area contributed by atoms with E-state index >= 15 is 0 Å². The minimum absolute atomic E-state index is 0.189. The smallest absolute Gasteiger partial charge is 0.319 e. The van der Waals surface area contributed by atoms with Gasteiger partial charge in [0.15, 0.2) is 0 Å². The maximum atomic E-state index is 13.3. The van der Waals surface area contributed by atoms with Crippen LogP contribution in [0.5, 0.6) is 0 Å². The average Bonchev–Trinajstić information content (AvgIpc) is 2.40. The molecule has 0 unspecified atom stereocenters. The van der Waals surface area contributed by atoms with Crippen molar-refractivity contribution in [3.05, 3.63) is 41.7 Å². The Bertz CT molecular complexity index is 459. The summed E-state index contributed by atoms with van der Waals surface area (Å²) in [6.45, 7) is 2.27. The van der Waals surface area contributed by atoms with E-state index < -0.39 is 5.82 Å². The van der Waals surface area contributed by atoms with E-state index in [1.165, 1.54) is 17.7 Å². The Kier molecular flexibility index (Phi) is 4.30. The lowest BCUT2D eigenvalue weighted by Gasteiger charge is -2.15. The normalized spacial score (nSPS) is 14.8. The fourth-order valence-corrected chi connectivity index (χ4v) is 1.75. The van der Waals surface area contributed by atoms with Crippen LogP contribution in [0.25, 0.3) is 0 Å². The van der Waals surface area contributed by atoms with Gasteiger partial charge in [-0.3, -0.25) is 0 Å². The summed E-state index contributed by atoms with van der Waals surface area (Å²) in [5.41, 5.74) is 1.38. The van der Waals surface area contributed by atoms with Crippen molar-refractivity contribution in [3.8, 4) is 0 Å². The molecule has 2 amide bonds. The van der Waals surface area contributed by atoms with Crippen LogP contribution in [0.15, 0.2) is 35.9 Å². The summed E-state index contributed by atoms with van der Waals surface area (Å²) >= 11 is 0. The average molecular weight is 249 g/mol. The number of rotatable bonds is 3. The van der Waals surface area contributed by atoms with Gasteiger partial charge >= 0.3 is 6.03 Å². The van der Waals surface area contributed by atoms with Gasteiger partial charge in [-0.1, -0.05) is 23.8 Å². The van der Waals surface area contributed by atoms with Gasteiger partial charge in [0.1, 0.15) is 5.82 Å². The molecule has 0 aliphatic carbocycles. The van der Waals surface area contributed by atoms with Crippen LogP contribution in [0.1, 0.15) is 6.42 Å². The second kappa shape index (κ2) is 6.16. The third-order valence-corrected chi connectivity index (χ3v) is 2.76. The van der Waals surface area contributed by atoms with E-state index in [4.69, 9.17) is 0 Å². The molecule has 18 heavy (non-hydrogen) atoms. The maximum Gasteiger partial charge on any atom is 0.319 e. The molecular weight excluding hydrogens is 233 g/mol. The van der Waals surface area contributed by atoms with Crippen LogP contribution >= 0.6 is 0 Å². The summed E-state index contributed by atoms with van der Waals surface area (Å²) < 4.78 is 13.3. The van der Waals surface area contributed by atoms with Gasteiger partial charge in [0.25, 0.3) is 0 Å². The molecule has 1 aliphatic rings. The molecular formula is C13H16FN3O. The van der Waals surface area contributed by atoms with Crippen LogP contribution in [-0.4, -0.2) is 25.7 Å².